The van der Waals surface area contributed by atoms with Crippen molar-refractivity contribution in [3.8, 4) is 5.69 Å². The molecule has 4 rings (SSSR count). The maximum Gasteiger partial charge on any atom is 0.282 e. The molecule has 0 N–H and O–H groups in total. The van der Waals surface area contributed by atoms with Crippen molar-refractivity contribution in [3.05, 3.63) is 75.1 Å². The Hall–Kier alpha value is -3.37. The number of hydrogen-bond acceptors (Lipinski definition) is 7. The van der Waals surface area contributed by atoms with Gasteiger partial charge in [0.1, 0.15) is 5.56 Å². The molecule has 0 saturated carbocycles. The van der Waals surface area contributed by atoms with Gasteiger partial charge in [-0.2, -0.15) is 4.68 Å². The van der Waals surface area contributed by atoms with Crippen LogP contribution in [0.5, 0.6) is 0 Å². The van der Waals surface area contributed by atoms with Crippen LogP contribution in [-0.4, -0.2) is 67.0 Å². The summed E-state index contributed by atoms with van der Waals surface area (Å²) in [6.07, 6.45) is 0. The monoisotopic (exact) mass is 427 g/mol. The lowest BCUT2D eigenvalue weighted by molar-refractivity contribution is -0.385. The van der Waals surface area contributed by atoms with Gasteiger partial charge in [-0.15, -0.1) is 5.10 Å². The second-order valence-electron chi connectivity index (χ2n) is 6.83. The minimum atomic E-state index is -0.528. The lowest BCUT2D eigenvalue weighted by Crippen LogP contribution is -2.48. The van der Waals surface area contributed by atoms with Gasteiger partial charge in [-0.3, -0.25) is 19.8 Å². The summed E-state index contributed by atoms with van der Waals surface area (Å²) in [5, 5.41) is 23.8. The van der Waals surface area contributed by atoms with E-state index < -0.39 is 4.92 Å². The number of aromatic nitrogens is 4. The Morgan fingerprint density at radius 3 is 2.47 bits per heavy atom. The van der Waals surface area contributed by atoms with Crippen LogP contribution in [0.4, 0.5) is 5.69 Å². The van der Waals surface area contributed by atoms with Gasteiger partial charge in [0.25, 0.3) is 11.6 Å². The Bertz CT molecular complexity index is 1060. The SMILES string of the molecule is O=C(c1ccccc1[N+](=O)[O-])N1CCN(Cc2nnnn2-c2ccc(Cl)cc2)CC1. The van der Waals surface area contributed by atoms with Crippen molar-refractivity contribution in [1.82, 2.24) is 30.0 Å². The molecule has 0 bridgehead atoms. The van der Waals surface area contributed by atoms with Crippen LogP contribution in [-0.2, 0) is 6.54 Å². The van der Waals surface area contributed by atoms with Gasteiger partial charge in [-0.05, 0) is 40.8 Å². The number of benzene rings is 2. The summed E-state index contributed by atoms with van der Waals surface area (Å²) in [7, 11) is 0. The van der Waals surface area contributed by atoms with E-state index in [-0.39, 0.29) is 17.2 Å². The molecule has 0 unspecified atom stereocenters. The van der Waals surface area contributed by atoms with Gasteiger partial charge in [-0.25, -0.2) is 0 Å². The third-order valence-corrected chi connectivity index (χ3v) is 5.21. The van der Waals surface area contributed by atoms with E-state index in [9.17, 15) is 14.9 Å². The van der Waals surface area contributed by atoms with Gasteiger partial charge >= 0.3 is 0 Å². The number of amides is 1. The summed E-state index contributed by atoms with van der Waals surface area (Å²) in [6.45, 7) is 2.67. The molecule has 1 amide bonds. The van der Waals surface area contributed by atoms with Crippen LogP contribution >= 0.6 is 11.6 Å². The molecule has 0 spiro atoms. The first-order valence-electron chi connectivity index (χ1n) is 9.31. The molecule has 0 radical (unpaired) electrons. The molecule has 1 saturated heterocycles. The highest BCUT2D eigenvalue weighted by Gasteiger charge is 2.27. The summed E-state index contributed by atoms with van der Waals surface area (Å²) in [5.41, 5.74) is 0.749. The summed E-state index contributed by atoms with van der Waals surface area (Å²) in [5.74, 6) is 0.351. The fourth-order valence-corrected chi connectivity index (χ4v) is 3.51. The Kier molecular flexibility index (Phi) is 5.68. The second kappa shape index (κ2) is 8.56. The maximum absolute atomic E-state index is 12.8. The number of nitro benzene ring substituents is 1. The zero-order valence-electron chi connectivity index (χ0n) is 15.9. The number of nitrogens with zero attached hydrogens (tertiary/aromatic N) is 7. The zero-order chi connectivity index (χ0) is 21.1. The van der Waals surface area contributed by atoms with Crippen LogP contribution in [0.25, 0.3) is 5.69 Å². The van der Waals surface area contributed by atoms with E-state index in [1.54, 1.807) is 33.8 Å². The van der Waals surface area contributed by atoms with Crippen LogP contribution in [0, 0.1) is 10.1 Å². The van der Waals surface area contributed by atoms with E-state index in [1.165, 1.54) is 12.1 Å². The molecule has 11 heteroatoms. The summed E-state index contributed by atoms with van der Waals surface area (Å²) >= 11 is 5.94. The van der Waals surface area contributed by atoms with E-state index in [1.807, 2.05) is 12.1 Å². The molecule has 154 valence electrons. The van der Waals surface area contributed by atoms with Crippen molar-refractivity contribution in [2.45, 2.75) is 6.54 Å². The highest BCUT2D eigenvalue weighted by molar-refractivity contribution is 6.30. The van der Waals surface area contributed by atoms with E-state index in [4.69, 9.17) is 11.6 Å². The minimum Gasteiger partial charge on any atom is -0.336 e. The van der Waals surface area contributed by atoms with Gasteiger partial charge in [0.15, 0.2) is 5.82 Å². The topological polar surface area (TPSA) is 110 Å². The van der Waals surface area contributed by atoms with Crippen molar-refractivity contribution in [2.75, 3.05) is 26.2 Å². The van der Waals surface area contributed by atoms with Gasteiger partial charge in [0.05, 0.1) is 17.2 Å². The lowest BCUT2D eigenvalue weighted by atomic mass is 10.1. The number of para-hydroxylation sites is 1. The van der Waals surface area contributed by atoms with E-state index >= 15 is 0 Å². The number of tetrazole rings is 1. The first-order valence-corrected chi connectivity index (χ1v) is 9.69. The fourth-order valence-electron chi connectivity index (χ4n) is 3.38. The first-order chi connectivity index (χ1) is 14.5. The highest BCUT2D eigenvalue weighted by Crippen LogP contribution is 2.21. The quantitative estimate of drug-likeness (QED) is 0.453. The third-order valence-electron chi connectivity index (χ3n) is 4.96. The molecule has 1 aromatic heterocycles. The van der Waals surface area contributed by atoms with E-state index in [0.717, 1.165) is 5.69 Å². The van der Waals surface area contributed by atoms with Gasteiger partial charge in [0, 0.05) is 37.3 Å². The van der Waals surface area contributed by atoms with Gasteiger partial charge in [-0.1, -0.05) is 23.7 Å². The van der Waals surface area contributed by atoms with Crippen LogP contribution in [0.2, 0.25) is 5.02 Å². The molecule has 3 aromatic rings. The maximum atomic E-state index is 12.8. The Labute approximate surface area is 176 Å². The molecular formula is C19H18ClN7O3. The first kappa shape index (κ1) is 19.9. The molecule has 30 heavy (non-hydrogen) atoms. The van der Waals surface area contributed by atoms with E-state index in [2.05, 4.69) is 20.4 Å². The van der Waals surface area contributed by atoms with Gasteiger partial charge in [0.2, 0.25) is 0 Å². The lowest BCUT2D eigenvalue weighted by Gasteiger charge is -2.34. The second-order valence-corrected chi connectivity index (χ2v) is 7.26. The number of carbonyl (C=O) groups is 1. The molecular weight excluding hydrogens is 410 g/mol. The van der Waals surface area contributed by atoms with Crippen molar-refractivity contribution in [3.63, 3.8) is 0 Å². The average Bonchev–Trinajstić information content (AvgIpc) is 3.22. The Balaban J connectivity index is 1.40. The standard InChI is InChI=1S/C19H18ClN7O3/c20-14-5-7-15(8-6-14)26-18(21-22-23-26)13-24-9-11-25(12-10-24)19(28)16-3-1-2-4-17(16)27(29)30/h1-8H,9-13H2. The number of hydrogen-bond donors (Lipinski definition) is 0. The molecule has 0 atom stereocenters. The minimum absolute atomic E-state index is 0.114. The summed E-state index contributed by atoms with van der Waals surface area (Å²) in [6, 6.07) is 13.3. The Morgan fingerprint density at radius 2 is 1.77 bits per heavy atom. The van der Waals surface area contributed by atoms with Crippen molar-refractivity contribution < 1.29 is 9.72 Å². The van der Waals surface area contributed by atoms with Crippen LogP contribution in [0.15, 0.2) is 48.5 Å². The smallest absolute Gasteiger partial charge is 0.282 e. The van der Waals surface area contributed by atoms with E-state index in [0.29, 0.717) is 43.6 Å². The normalized spacial score (nSPS) is 14.6. The number of piperazine rings is 1. The number of carbonyl (C=O) groups excluding carboxylic acids is 1. The molecule has 10 nitrogen and oxygen atoms in total. The zero-order valence-corrected chi connectivity index (χ0v) is 16.6. The van der Waals surface area contributed by atoms with Crippen molar-refractivity contribution in [2.24, 2.45) is 0 Å². The third kappa shape index (κ3) is 4.14. The average molecular weight is 428 g/mol. The molecule has 0 aliphatic carbocycles. The van der Waals surface area contributed by atoms with Crippen LogP contribution < -0.4 is 0 Å². The molecule has 1 aliphatic rings. The summed E-state index contributed by atoms with van der Waals surface area (Å²) < 4.78 is 1.65. The van der Waals surface area contributed by atoms with Crippen molar-refractivity contribution >= 4 is 23.2 Å². The Morgan fingerprint density at radius 1 is 1.07 bits per heavy atom. The largest absolute Gasteiger partial charge is 0.336 e. The summed E-state index contributed by atoms with van der Waals surface area (Å²) in [4.78, 5) is 27.2. The molecule has 2 heterocycles. The van der Waals surface area contributed by atoms with Crippen LogP contribution in [0.1, 0.15) is 16.2 Å². The molecule has 2 aromatic carbocycles. The van der Waals surface area contributed by atoms with Crippen molar-refractivity contribution in [1.29, 1.82) is 0 Å². The van der Waals surface area contributed by atoms with Gasteiger partial charge < -0.3 is 4.90 Å². The fraction of sp³-hybridized carbons (Fsp3) is 0.263. The predicted molar refractivity (Wildman–Crippen MR) is 108 cm³/mol. The number of nitro groups is 1. The highest BCUT2D eigenvalue weighted by atomic mass is 35.5. The van der Waals surface area contributed by atoms with Crippen LogP contribution in [0.3, 0.4) is 0 Å². The molecule has 1 fully saturated rings. The number of halogens is 1. The predicted octanol–water partition coefficient (Wildman–Crippen LogP) is 2.18. The number of rotatable bonds is 5. The molecule has 1 aliphatic heterocycles.